The second kappa shape index (κ2) is 6.92. The van der Waals surface area contributed by atoms with E-state index in [1.807, 2.05) is 0 Å². The topological polar surface area (TPSA) is 64.0 Å². The van der Waals surface area contributed by atoms with Crippen LogP contribution in [0.4, 0.5) is 10.1 Å². The first-order chi connectivity index (χ1) is 11.5. The molecule has 2 aromatic carbocycles. The maximum absolute atomic E-state index is 13.7. The van der Waals surface area contributed by atoms with Crippen LogP contribution >= 0.6 is 15.9 Å². The summed E-state index contributed by atoms with van der Waals surface area (Å²) in [4.78, 5) is 28.5. The molecule has 0 aliphatic carbocycles. The molecule has 5 nitrogen and oxygen atoms in total. The molecular weight excluding hydrogens is 377 g/mol. The van der Waals surface area contributed by atoms with Crippen LogP contribution < -0.4 is 10.9 Å². The van der Waals surface area contributed by atoms with Crippen molar-refractivity contribution in [1.29, 1.82) is 0 Å². The van der Waals surface area contributed by atoms with Gasteiger partial charge in [-0.1, -0.05) is 28.1 Å². The van der Waals surface area contributed by atoms with Crippen LogP contribution in [0.2, 0.25) is 0 Å². The van der Waals surface area contributed by atoms with E-state index in [1.165, 1.54) is 23.0 Å². The third kappa shape index (κ3) is 3.51. The molecular formula is C17H13BrFN3O2. The van der Waals surface area contributed by atoms with Crippen molar-refractivity contribution in [3.05, 3.63) is 69.4 Å². The minimum absolute atomic E-state index is 0.0371. The maximum Gasteiger partial charge on any atom is 0.261 e. The van der Waals surface area contributed by atoms with E-state index >= 15 is 0 Å². The standard InChI is InChI=1S/C17H13BrFN3O2/c18-11-5-6-15(13(19)9-11)21-16(23)7-8-22-10-20-14-4-2-1-3-12(14)17(22)24/h1-6,9-10H,7-8H2,(H,21,23). The van der Waals surface area contributed by atoms with Gasteiger partial charge < -0.3 is 5.32 Å². The Bertz CT molecular complexity index is 971. The lowest BCUT2D eigenvalue weighted by Crippen LogP contribution is -2.23. The number of halogens is 2. The molecule has 24 heavy (non-hydrogen) atoms. The fourth-order valence-electron chi connectivity index (χ4n) is 2.29. The molecule has 0 radical (unpaired) electrons. The van der Waals surface area contributed by atoms with Crippen molar-refractivity contribution in [1.82, 2.24) is 9.55 Å². The SMILES string of the molecule is O=C(CCn1cnc2ccccc2c1=O)Nc1ccc(Br)cc1F. The van der Waals surface area contributed by atoms with Crippen LogP contribution in [0.1, 0.15) is 6.42 Å². The number of carbonyl (C=O) groups is 1. The van der Waals surface area contributed by atoms with Gasteiger partial charge in [-0.25, -0.2) is 9.37 Å². The van der Waals surface area contributed by atoms with Gasteiger partial charge in [-0.3, -0.25) is 14.2 Å². The number of rotatable bonds is 4. The van der Waals surface area contributed by atoms with Crippen molar-refractivity contribution in [2.45, 2.75) is 13.0 Å². The molecule has 3 aromatic rings. The van der Waals surface area contributed by atoms with Gasteiger partial charge in [0.05, 0.1) is 22.9 Å². The molecule has 1 heterocycles. The minimum atomic E-state index is -0.526. The molecule has 0 saturated heterocycles. The van der Waals surface area contributed by atoms with E-state index in [4.69, 9.17) is 0 Å². The molecule has 0 aliphatic heterocycles. The molecule has 0 aliphatic rings. The molecule has 0 spiro atoms. The van der Waals surface area contributed by atoms with E-state index in [1.54, 1.807) is 30.3 Å². The Balaban J connectivity index is 1.70. The molecule has 122 valence electrons. The van der Waals surface area contributed by atoms with Gasteiger partial charge in [0.15, 0.2) is 0 Å². The number of aryl methyl sites for hydroxylation is 1. The summed E-state index contributed by atoms with van der Waals surface area (Å²) in [6, 6.07) is 11.4. The third-order valence-electron chi connectivity index (χ3n) is 3.52. The number of carbonyl (C=O) groups excluding carboxylic acids is 1. The average molecular weight is 390 g/mol. The summed E-state index contributed by atoms with van der Waals surface area (Å²) in [5, 5.41) is 2.99. The van der Waals surface area contributed by atoms with Gasteiger partial charge in [0, 0.05) is 17.4 Å². The average Bonchev–Trinajstić information content (AvgIpc) is 2.57. The van der Waals surface area contributed by atoms with Gasteiger partial charge >= 0.3 is 0 Å². The molecule has 3 rings (SSSR count). The first-order valence-corrected chi connectivity index (χ1v) is 8.03. The van der Waals surface area contributed by atoms with E-state index in [2.05, 4.69) is 26.2 Å². The lowest BCUT2D eigenvalue weighted by atomic mass is 10.2. The molecule has 0 atom stereocenters. The summed E-state index contributed by atoms with van der Waals surface area (Å²) < 4.78 is 15.7. The predicted molar refractivity (Wildman–Crippen MR) is 93.3 cm³/mol. The second-order valence-corrected chi connectivity index (χ2v) is 6.10. The van der Waals surface area contributed by atoms with E-state index < -0.39 is 5.82 Å². The number of nitrogens with one attached hydrogen (secondary N) is 1. The Morgan fingerprint density at radius 2 is 2.04 bits per heavy atom. The lowest BCUT2D eigenvalue weighted by Gasteiger charge is -2.08. The molecule has 0 unspecified atom stereocenters. The number of aromatic nitrogens is 2. The summed E-state index contributed by atoms with van der Waals surface area (Å²) in [7, 11) is 0. The van der Waals surface area contributed by atoms with E-state index in [9.17, 15) is 14.0 Å². The van der Waals surface area contributed by atoms with Crippen molar-refractivity contribution in [3.8, 4) is 0 Å². The summed E-state index contributed by atoms with van der Waals surface area (Å²) in [5.74, 6) is -0.904. The van der Waals surface area contributed by atoms with Gasteiger partial charge in [0.2, 0.25) is 5.91 Å². The zero-order valence-corrected chi connectivity index (χ0v) is 14.1. The van der Waals surface area contributed by atoms with Crippen LogP contribution in [-0.4, -0.2) is 15.5 Å². The highest BCUT2D eigenvalue weighted by Gasteiger charge is 2.09. The minimum Gasteiger partial charge on any atom is -0.324 e. The van der Waals surface area contributed by atoms with Gasteiger partial charge in [0.1, 0.15) is 5.82 Å². The van der Waals surface area contributed by atoms with Crippen molar-refractivity contribution in [3.63, 3.8) is 0 Å². The van der Waals surface area contributed by atoms with Gasteiger partial charge in [-0.15, -0.1) is 0 Å². The van der Waals surface area contributed by atoms with Crippen LogP contribution in [0, 0.1) is 5.82 Å². The monoisotopic (exact) mass is 389 g/mol. The number of amides is 1. The maximum atomic E-state index is 13.7. The van der Waals surface area contributed by atoms with Crippen molar-refractivity contribution in [2.75, 3.05) is 5.32 Å². The Labute approximate surface area is 145 Å². The summed E-state index contributed by atoms with van der Waals surface area (Å²) in [6.07, 6.45) is 1.45. The van der Waals surface area contributed by atoms with Crippen molar-refractivity contribution >= 4 is 38.4 Å². The van der Waals surface area contributed by atoms with Crippen molar-refractivity contribution < 1.29 is 9.18 Å². The van der Waals surface area contributed by atoms with Gasteiger partial charge in [-0.05, 0) is 30.3 Å². The Morgan fingerprint density at radius 1 is 1.25 bits per heavy atom. The van der Waals surface area contributed by atoms with E-state index in [0.717, 1.165) is 0 Å². The normalized spacial score (nSPS) is 10.8. The molecule has 1 amide bonds. The van der Waals surface area contributed by atoms with Gasteiger partial charge in [0.25, 0.3) is 5.56 Å². The van der Waals surface area contributed by atoms with Crippen LogP contribution in [0.5, 0.6) is 0 Å². The van der Waals surface area contributed by atoms with Crippen molar-refractivity contribution in [2.24, 2.45) is 0 Å². The Kier molecular flexibility index (Phi) is 4.71. The fourth-order valence-corrected chi connectivity index (χ4v) is 2.62. The molecule has 7 heteroatoms. The largest absolute Gasteiger partial charge is 0.324 e. The molecule has 0 fully saturated rings. The Morgan fingerprint density at radius 3 is 2.83 bits per heavy atom. The first-order valence-electron chi connectivity index (χ1n) is 7.23. The predicted octanol–water partition coefficient (Wildman–Crippen LogP) is 3.33. The van der Waals surface area contributed by atoms with E-state index in [0.29, 0.717) is 15.4 Å². The zero-order chi connectivity index (χ0) is 17.1. The second-order valence-electron chi connectivity index (χ2n) is 5.18. The number of anilines is 1. The number of hydrogen-bond donors (Lipinski definition) is 1. The van der Waals surface area contributed by atoms with Crippen LogP contribution in [0.25, 0.3) is 10.9 Å². The van der Waals surface area contributed by atoms with Gasteiger partial charge in [-0.2, -0.15) is 0 Å². The quantitative estimate of drug-likeness (QED) is 0.744. The summed E-state index contributed by atoms with van der Waals surface area (Å²) in [6.45, 7) is 0.167. The number of hydrogen-bond acceptors (Lipinski definition) is 3. The highest BCUT2D eigenvalue weighted by atomic mass is 79.9. The number of para-hydroxylation sites is 1. The number of fused-ring (bicyclic) bond motifs is 1. The number of benzene rings is 2. The highest BCUT2D eigenvalue weighted by Crippen LogP contribution is 2.19. The molecule has 1 aromatic heterocycles. The molecule has 0 bridgehead atoms. The fraction of sp³-hybridized carbons (Fsp3) is 0.118. The first kappa shape index (κ1) is 16.3. The van der Waals surface area contributed by atoms with E-state index in [-0.39, 0.29) is 30.1 Å². The molecule has 0 saturated carbocycles. The smallest absolute Gasteiger partial charge is 0.261 e. The molecule has 1 N–H and O–H groups in total. The summed E-state index contributed by atoms with van der Waals surface area (Å²) in [5.41, 5.74) is 0.510. The third-order valence-corrected chi connectivity index (χ3v) is 4.01. The lowest BCUT2D eigenvalue weighted by molar-refractivity contribution is -0.116. The summed E-state index contributed by atoms with van der Waals surface area (Å²) >= 11 is 3.15. The van der Waals surface area contributed by atoms with Crippen LogP contribution in [-0.2, 0) is 11.3 Å². The van der Waals surface area contributed by atoms with Crippen LogP contribution in [0.15, 0.2) is 58.1 Å². The highest BCUT2D eigenvalue weighted by molar-refractivity contribution is 9.10. The van der Waals surface area contributed by atoms with Crippen LogP contribution in [0.3, 0.4) is 0 Å². The number of nitrogens with zero attached hydrogens (tertiary/aromatic N) is 2. The zero-order valence-electron chi connectivity index (χ0n) is 12.5. The Hall–Kier alpha value is -2.54.